The van der Waals surface area contributed by atoms with Crippen molar-refractivity contribution in [1.82, 2.24) is 19.8 Å². The van der Waals surface area contributed by atoms with E-state index in [4.69, 9.17) is 4.74 Å². The van der Waals surface area contributed by atoms with Gasteiger partial charge < -0.3 is 15.0 Å². The molecule has 0 aromatic carbocycles. The van der Waals surface area contributed by atoms with E-state index < -0.39 is 6.55 Å². The number of fused-ring (bicyclic) bond motifs is 5. The normalized spacial score (nSPS) is 32.0. The molecule has 0 spiro atoms. The van der Waals surface area contributed by atoms with Gasteiger partial charge in [0.1, 0.15) is 12.4 Å². The van der Waals surface area contributed by atoms with E-state index in [1.165, 1.54) is 25.2 Å². The number of aromatic nitrogens is 2. The standard InChI is InChI=1S/C16H23F2N5O/c1-2-19-16(21-7-14-20-5-6-23(14)15(17)18)22-8-10-11(9-22)13-4-3-12(10)24-13/h5-6,10-13,15H,2-4,7-9H2,1H3,(H,19,21). The van der Waals surface area contributed by atoms with Crippen LogP contribution in [0.1, 0.15) is 32.1 Å². The van der Waals surface area contributed by atoms with Crippen LogP contribution in [0.4, 0.5) is 8.78 Å². The summed E-state index contributed by atoms with van der Waals surface area (Å²) in [5.41, 5.74) is 0. The zero-order valence-electron chi connectivity index (χ0n) is 13.7. The zero-order valence-corrected chi connectivity index (χ0v) is 13.7. The maximum absolute atomic E-state index is 12.9. The predicted molar refractivity (Wildman–Crippen MR) is 84.7 cm³/mol. The Morgan fingerprint density at radius 1 is 1.38 bits per heavy atom. The lowest BCUT2D eigenvalue weighted by atomic mass is 9.82. The molecule has 0 radical (unpaired) electrons. The highest BCUT2D eigenvalue weighted by Crippen LogP contribution is 2.47. The van der Waals surface area contributed by atoms with Gasteiger partial charge in [-0.3, -0.25) is 4.57 Å². The molecule has 1 N–H and O–H groups in total. The van der Waals surface area contributed by atoms with Gasteiger partial charge in [-0.15, -0.1) is 0 Å². The third-order valence-corrected chi connectivity index (χ3v) is 5.42. The number of hydrogen-bond acceptors (Lipinski definition) is 3. The van der Waals surface area contributed by atoms with E-state index in [0.717, 1.165) is 30.2 Å². The van der Waals surface area contributed by atoms with E-state index in [1.54, 1.807) is 0 Å². The van der Waals surface area contributed by atoms with Crippen LogP contribution in [-0.2, 0) is 11.3 Å². The van der Waals surface area contributed by atoms with Crippen LogP contribution in [-0.4, -0.2) is 52.3 Å². The molecular weight excluding hydrogens is 316 g/mol. The molecule has 6 nitrogen and oxygen atoms in total. The summed E-state index contributed by atoms with van der Waals surface area (Å²) < 4.78 is 32.7. The Labute approximate surface area is 139 Å². The molecule has 0 saturated carbocycles. The third-order valence-electron chi connectivity index (χ3n) is 5.42. The molecule has 4 unspecified atom stereocenters. The van der Waals surface area contributed by atoms with Crippen LogP contribution in [0, 0.1) is 11.8 Å². The first kappa shape index (κ1) is 15.8. The number of guanidine groups is 1. The molecule has 4 heterocycles. The van der Waals surface area contributed by atoms with Crippen LogP contribution in [0.25, 0.3) is 0 Å². The van der Waals surface area contributed by atoms with Crippen molar-refractivity contribution in [3.63, 3.8) is 0 Å². The van der Waals surface area contributed by atoms with Gasteiger partial charge in [0, 0.05) is 43.9 Å². The molecule has 0 aliphatic carbocycles. The molecule has 4 rings (SSSR count). The van der Waals surface area contributed by atoms with E-state index >= 15 is 0 Å². The number of ether oxygens (including phenoxy) is 1. The molecule has 3 aliphatic rings. The van der Waals surface area contributed by atoms with Gasteiger partial charge in [0.05, 0.1) is 12.2 Å². The topological polar surface area (TPSA) is 54.7 Å². The molecule has 2 bridgehead atoms. The average molecular weight is 339 g/mol. The SMILES string of the molecule is CCNC(=NCc1nccn1C(F)F)N1CC2C3CCC(O3)C2C1. The molecule has 1 aromatic rings. The van der Waals surface area contributed by atoms with Crippen molar-refractivity contribution in [1.29, 1.82) is 0 Å². The van der Waals surface area contributed by atoms with Crippen LogP contribution in [0.3, 0.4) is 0 Å². The number of halogens is 2. The molecular formula is C16H23F2N5O. The second-order valence-corrected chi connectivity index (χ2v) is 6.72. The Bertz CT molecular complexity index is 601. The number of imidazole rings is 1. The van der Waals surface area contributed by atoms with Gasteiger partial charge in [0.2, 0.25) is 0 Å². The molecule has 24 heavy (non-hydrogen) atoms. The van der Waals surface area contributed by atoms with Crippen LogP contribution in [0.5, 0.6) is 0 Å². The molecule has 3 aliphatic heterocycles. The fourth-order valence-corrected chi connectivity index (χ4v) is 4.35. The Morgan fingerprint density at radius 3 is 2.71 bits per heavy atom. The first-order valence-electron chi connectivity index (χ1n) is 8.66. The van der Waals surface area contributed by atoms with E-state index in [1.807, 2.05) is 6.92 Å². The lowest BCUT2D eigenvalue weighted by Crippen LogP contribution is -2.41. The third kappa shape index (κ3) is 2.66. The molecule has 3 saturated heterocycles. The van der Waals surface area contributed by atoms with Crippen molar-refractivity contribution >= 4 is 5.96 Å². The molecule has 3 fully saturated rings. The smallest absolute Gasteiger partial charge is 0.319 e. The van der Waals surface area contributed by atoms with Crippen molar-refractivity contribution < 1.29 is 13.5 Å². The second kappa shape index (κ2) is 6.31. The number of likely N-dealkylation sites (tertiary alicyclic amines) is 1. The molecule has 8 heteroatoms. The van der Waals surface area contributed by atoms with E-state index in [9.17, 15) is 8.78 Å². The summed E-state index contributed by atoms with van der Waals surface area (Å²) >= 11 is 0. The summed E-state index contributed by atoms with van der Waals surface area (Å²) in [6.45, 7) is 2.19. The predicted octanol–water partition coefficient (Wildman–Crippen LogP) is 1.85. The Kier molecular flexibility index (Phi) is 4.15. The summed E-state index contributed by atoms with van der Waals surface area (Å²) in [6.07, 6.45) is 5.80. The maximum atomic E-state index is 12.9. The fraction of sp³-hybridized carbons (Fsp3) is 0.750. The van der Waals surface area contributed by atoms with Crippen molar-refractivity contribution in [3.8, 4) is 0 Å². The highest BCUT2D eigenvalue weighted by Gasteiger charge is 2.53. The van der Waals surface area contributed by atoms with E-state index in [2.05, 4.69) is 20.2 Å². The number of hydrogen-bond donors (Lipinski definition) is 1. The van der Waals surface area contributed by atoms with E-state index in [0.29, 0.717) is 24.0 Å². The van der Waals surface area contributed by atoms with Crippen LogP contribution in [0.2, 0.25) is 0 Å². The summed E-state index contributed by atoms with van der Waals surface area (Å²) in [5, 5.41) is 3.29. The van der Waals surface area contributed by atoms with Crippen LogP contribution in [0.15, 0.2) is 17.4 Å². The summed E-state index contributed by atoms with van der Waals surface area (Å²) in [5.74, 6) is 2.23. The van der Waals surface area contributed by atoms with Gasteiger partial charge in [0.25, 0.3) is 0 Å². The molecule has 132 valence electrons. The number of rotatable bonds is 4. The van der Waals surface area contributed by atoms with E-state index in [-0.39, 0.29) is 12.4 Å². The Hall–Kier alpha value is -1.70. The Morgan fingerprint density at radius 2 is 2.08 bits per heavy atom. The minimum atomic E-state index is -2.58. The minimum absolute atomic E-state index is 0.148. The second-order valence-electron chi connectivity index (χ2n) is 6.72. The van der Waals surface area contributed by atoms with Crippen molar-refractivity contribution in [2.45, 2.75) is 45.1 Å². The van der Waals surface area contributed by atoms with Crippen LogP contribution < -0.4 is 5.32 Å². The highest BCUT2D eigenvalue weighted by molar-refractivity contribution is 5.80. The highest BCUT2D eigenvalue weighted by atomic mass is 19.3. The maximum Gasteiger partial charge on any atom is 0.319 e. The minimum Gasteiger partial charge on any atom is -0.374 e. The van der Waals surface area contributed by atoms with Gasteiger partial charge in [-0.05, 0) is 19.8 Å². The molecule has 4 atom stereocenters. The summed E-state index contributed by atoms with van der Waals surface area (Å²) in [4.78, 5) is 10.8. The van der Waals surface area contributed by atoms with Gasteiger partial charge in [-0.25, -0.2) is 9.98 Å². The lowest BCUT2D eigenvalue weighted by molar-refractivity contribution is 0.0670. The number of nitrogens with one attached hydrogen (secondary N) is 1. The molecule has 0 amide bonds. The first-order valence-corrected chi connectivity index (χ1v) is 8.66. The van der Waals surface area contributed by atoms with Crippen LogP contribution >= 0.6 is 0 Å². The van der Waals surface area contributed by atoms with Gasteiger partial charge in [0.15, 0.2) is 5.96 Å². The number of alkyl halides is 2. The van der Waals surface area contributed by atoms with Crippen molar-refractivity contribution in [2.24, 2.45) is 16.8 Å². The fourth-order valence-electron chi connectivity index (χ4n) is 4.35. The molecule has 1 aromatic heterocycles. The number of aliphatic imine (C=N–C) groups is 1. The van der Waals surface area contributed by atoms with Crippen molar-refractivity contribution in [2.75, 3.05) is 19.6 Å². The van der Waals surface area contributed by atoms with Gasteiger partial charge in [-0.1, -0.05) is 0 Å². The largest absolute Gasteiger partial charge is 0.374 e. The monoisotopic (exact) mass is 339 g/mol. The van der Waals surface area contributed by atoms with Gasteiger partial charge in [-0.2, -0.15) is 8.78 Å². The summed E-state index contributed by atoms with van der Waals surface area (Å²) in [7, 11) is 0. The van der Waals surface area contributed by atoms with Gasteiger partial charge >= 0.3 is 6.55 Å². The Balaban J connectivity index is 1.47. The number of nitrogens with zero attached hydrogens (tertiary/aromatic N) is 4. The average Bonchev–Trinajstić information content (AvgIpc) is 3.32. The lowest BCUT2D eigenvalue weighted by Gasteiger charge is -2.23. The van der Waals surface area contributed by atoms with Crippen molar-refractivity contribution in [3.05, 3.63) is 18.2 Å². The zero-order chi connectivity index (χ0) is 16.7. The first-order chi connectivity index (χ1) is 11.7. The summed E-state index contributed by atoms with van der Waals surface area (Å²) in [6, 6.07) is 0. The quantitative estimate of drug-likeness (QED) is 0.672.